The highest BCUT2D eigenvalue weighted by Gasteiger charge is 2.29. The minimum Gasteiger partial charge on any atom is -0.491 e. The highest BCUT2D eigenvalue weighted by molar-refractivity contribution is 5.79. The number of fused-ring (bicyclic) bond motifs is 3. The molecular formula is C35H43NO9. The lowest BCUT2D eigenvalue weighted by Gasteiger charge is -2.19. The average molecular weight is 622 g/mol. The smallest absolute Gasteiger partial charge is 0.409 e. The summed E-state index contributed by atoms with van der Waals surface area (Å²) in [4.78, 5) is 24.7. The highest BCUT2D eigenvalue weighted by Crippen LogP contribution is 2.44. The lowest BCUT2D eigenvalue weighted by atomic mass is 9.98. The topological polar surface area (TPSA) is 102 Å². The average Bonchev–Trinajstić information content (AvgIpc) is 3.40. The second-order valence-electron chi connectivity index (χ2n) is 10.3. The van der Waals surface area contributed by atoms with Crippen molar-refractivity contribution in [1.82, 2.24) is 4.90 Å². The van der Waals surface area contributed by atoms with Crippen molar-refractivity contribution in [3.05, 3.63) is 89.5 Å². The molecule has 0 radical (unpaired) electrons. The Balaban J connectivity index is 0.910. The number of ether oxygens (including phenoxy) is 7. The van der Waals surface area contributed by atoms with Crippen LogP contribution in [0.5, 0.6) is 5.75 Å². The summed E-state index contributed by atoms with van der Waals surface area (Å²) in [6, 6.07) is 23.5. The molecule has 10 heteroatoms. The van der Waals surface area contributed by atoms with Gasteiger partial charge in [-0.1, -0.05) is 48.5 Å². The van der Waals surface area contributed by atoms with Crippen LogP contribution in [-0.2, 0) is 28.4 Å². The number of rotatable bonds is 22. The number of carbonyl (C=O) groups excluding carboxylic acids is 2. The number of amides is 1. The van der Waals surface area contributed by atoms with E-state index < -0.39 is 0 Å². The molecule has 0 saturated carbocycles. The third-order valence-corrected chi connectivity index (χ3v) is 7.22. The van der Waals surface area contributed by atoms with Crippen molar-refractivity contribution in [3.8, 4) is 16.9 Å². The van der Waals surface area contributed by atoms with E-state index in [1.54, 1.807) is 31.3 Å². The van der Waals surface area contributed by atoms with E-state index in [9.17, 15) is 9.59 Å². The van der Waals surface area contributed by atoms with Gasteiger partial charge in [-0.25, -0.2) is 4.79 Å². The van der Waals surface area contributed by atoms with Crippen LogP contribution in [0.2, 0.25) is 0 Å². The largest absolute Gasteiger partial charge is 0.491 e. The van der Waals surface area contributed by atoms with Gasteiger partial charge >= 0.3 is 6.09 Å². The molecule has 0 fully saturated rings. The number of carbonyl (C=O) groups is 2. The van der Waals surface area contributed by atoms with Crippen LogP contribution < -0.4 is 4.74 Å². The SMILES string of the molecule is CN(CCOCCOCCOCCOCCOCCOc1ccc(C=O)cc1)C(=O)OCC1c2ccccc2-c2ccccc21. The fraction of sp³-hybridized carbons (Fsp3) is 0.429. The second kappa shape index (κ2) is 19.6. The van der Waals surface area contributed by atoms with Gasteiger partial charge in [-0.2, -0.15) is 0 Å². The van der Waals surface area contributed by atoms with Gasteiger partial charge in [-0.05, 0) is 46.5 Å². The van der Waals surface area contributed by atoms with Crippen molar-refractivity contribution in [3.63, 3.8) is 0 Å². The highest BCUT2D eigenvalue weighted by atomic mass is 16.6. The maximum atomic E-state index is 12.6. The molecule has 0 unspecified atom stereocenters. The summed E-state index contributed by atoms with van der Waals surface area (Å²) in [6.45, 7) is 5.69. The lowest BCUT2D eigenvalue weighted by Crippen LogP contribution is -2.32. The van der Waals surface area contributed by atoms with E-state index in [1.807, 2.05) is 24.3 Å². The first-order valence-corrected chi connectivity index (χ1v) is 15.3. The number of benzene rings is 3. The quantitative estimate of drug-likeness (QED) is 0.115. The molecule has 0 N–H and O–H groups in total. The summed E-state index contributed by atoms with van der Waals surface area (Å²) < 4.78 is 38.8. The van der Waals surface area contributed by atoms with Crippen molar-refractivity contribution in [2.75, 3.05) is 92.9 Å². The molecule has 0 aromatic heterocycles. The van der Waals surface area contributed by atoms with E-state index >= 15 is 0 Å². The van der Waals surface area contributed by atoms with Gasteiger partial charge in [0.1, 0.15) is 25.2 Å². The first kappa shape index (κ1) is 34.1. The van der Waals surface area contributed by atoms with E-state index in [-0.39, 0.29) is 12.0 Å². The number of hydrogen-bond donors (Lipinski definition) is 0. The zero-order valence-electron chi connectivity index (χ0n) is 25.9. The molecule has 0 spiro atoms. The fourth-order valence-electron chi connectivity index (χ4n) is 4.84. The molecular weight excluding hydrogens is 578 g/mol. The minimum absolute atomic E-state index is 0.0398. The van der Waals surface area contributed by atoms with E-state index in [0.29, 0.717) is 97.1 Å². The monoisotopic (exact) mass is 621 g/mol. The van der Waals surface area contributed by atoms with Crippen LogP contribution in [0.1, 0.15) is 27.4 Å². The number of aldehydes is 1. The van der Waals surface area contributed by atoms with Crippen molar-refractivity contribution in [2.24, 2.45) is 0 Å². The molecule has 0 bridgehead atoms. The molecule has 1 amide bonds. The van der Waals surface area contributed by atoms with E-state index in [2.05, 4.69) is 24.3 Å². The van der Waals surface area contributed by atoms with E-state index in [4.69, 9.17) is 33.2 Å². The molecule has 242 valence electrons. The van der Waals surface area contributed by atoms with Crippen LogP contribution in [0.3, 0.4) is 0 Å². The van der Waals surface area contributed by atoms with Gasteiger partial charge in [0.2, 0.25) is 0 Å². The Hall–Kier alpha value is -3.80. The molecule has 0 aliphatic heterocycles. The van der Waals surface area contributed by atoms with Gasteiger partial charge in [0, 0.05) is 25.1 Å². The zero-order chi connectivity index (χ0) is 31.5. The molecule has 3 aromatic rings. The Morgan fingerprint density at radius 1 is 0.644 bits per heavy atom. The maximum absolute atomic E-state index is 12.6. The molecule has 10 nitrogen and oxygen atoms in total. The van der Waals surface area contributed by atoms with Crippen molar-refractivity contribution < 1.29 is 42.7 Å². The van der Waals surface area contributed by atoms with Gasteiger partial charge in [0.25, 0.3) is 0 Å². The third kappa shape index (κ3) is 11.3. The van der Waals surface area contributed by atoms with Crippen LogP contribution in [0.25, 0.3) is 11.1 Å². The molecule has 45 heavy (non-hydrogen) atoms. The molecule has 0 atom stereocenters. The first-order chi connectivity index (χ1) is 22.2. The van der Waals surface area contributed by atoms with Crippen LogP contribution in [0.4, 0.5) is 4.79 Å². The van der Waals surface area contributed by atoms with Crippen LogP contribution in [-0.4, -0.2) is 110 Å². The molecule has 3 aromatic carbocycles. The predicted molar refractivity (Wildman–Crippen MR) is 169 cm³/mol. The van der Waals surface area contributed by atoms with Crippen LogP contribution >= 0.6 is 0 Å². The van der Waals surface area contributed by atoms with Gasteiger partial charge < -0.3 is 38.1 Å². The Bertz CT molecular complexity index is 1250. The fourth-order valence-corrected chi connectivity index (χ4v) is 4.84. The summed E-state index contributed by atoms with van der Waals surface area (Å²) in [7, 11) is 1.71. The molecule has 0 heterocycles. The van der Waals surface area contributed by atoms with Gasteiger partial charge in [-0.15, -0.1) is 0 Å². The summed E-state index contributed by atoms with van der Waals surface area (Å²) in [5, 5.41) is 0. The van der Waals surface area contributed by atoms with E-state index in [0.717, 1.165) is 6.29 Å². The van der Waals surface area contributed by atoms with Crippen molar-refractivity contribution in [2.45, 2.75) is 5.92 Å². The van der Waals surface area contributed by atoms with E-state index in [1.165, 1.54) is 27.2 Å². The molecule has 1 aliphatic carbocycles. The van der Waals surface area contributed by atoms with Crippen LogP contribution in [0, 0.1) is 0 Å². The minimum atomic E-state index is -0.365. The maximum Gasteiger partial charge on any atom is 0.409 e. The predicted octanol–water partition coefficient (Wildman–Crippen LogP) is 4.84. The number of hydrogen-bond acceptors (Lipinski definition) is 9. The Kier molecular flexibility index (Phi) is 14.8. The molecule has 0 saturated heterocycles. The number of likely N-dealkylation sites (N-methyl/N-ethyl adjacent to an activating group) is 1. The summed E-state index contributed by atoms with van der Waals surface area (Å²) in [5.41, 5.74) is 5.41. The molecule has 1 aliphatic rings. The van der Waals surface area contributed by atoms with Gasteiger partial charge in [0.15, 0.2) is 0 Å². The Morgan fingerprint density at radius 3 is 1.62 bits per heavy atom. The lowest BCUT2D eigenvalue weighted by molar-refractivity contribution is -0.0135. The third-order valence-electron chi connectivity index (χ3n) is 7.22. The standard InChI is InChI=1S/C35H43NO9/c1-36(35(38)45-27-34-32-8-4-2-6-30(32)31-7-3-5-9-33(31)34)14-15-39-16-17-40-18-19-41-20-21-42-22-23-43-24-25-44-29-12-10-28(26-37)11-13-29/h2-13,26,34H,14-25,27H2,1H3. The molecule has 4 rings (SSSR count). The van der Waals surface area contributed by atoms with Crippen LogP contribution in [0.15, 0.2) is 72.8 Å². The Morgan fingerprint density at radius 2 is 1.11 bits per heavy atom. The summed E-state index contributed by atoms with van der Waals surface area (Å²) >= 11 is 0. The zero-order valence-corrected chi connectivity index (χ0v) is 25.9. The normalized spacial score (nSPS) is 12.0. The van der Waals surface area contributed by atoms with Crippen molar-refractivity contribution in [1.29, 1.82) is 0 Å². The van der Waals surface area contributed by atoms with Crippen molar-refractivity contribution >= 4 is 12.4 Å². The summed E-state index contributed by atoms with van der Waals surface area (Å²) in [5.74, 6) is 0.739. The Labute approximate surface area is 265 Å². The van der Waals surface area contributed by atoms with Gasteiger partial charge in [-0.3, -0.25) is 4.79 Å². The van der Waals surface area contributed by atoms with Gasteiger partial charge in [0.05, 0.1) is 66.1 Å². The number of nitrogens with zero attached hydrogens (tertiary/aromatic N) is 1. The second-order valence-corrected chi connectivity index (χ2v) is 10.3. The first-order valence-electron chi connectivity index (χ1n) is 15.3. The summed E-state index contributed by atoms with van der Waals surface area (Å²) in [6.07, 6.45) is 0.431.